The molecule has 0 unspecified atom stereocenters. The maximum atomic E-state index is 5.59. The molecule has 0 amide bonds. The average Bonchev–Trinajstić information content (AvgIpc) is 2.21. The number of hydrogen-bond donors (Lipinski definition) is 1. The number of aryl methyl sites for hydroxylation is 2. The molecule has 0 aliphatic heterocycles. The molecule has 0 aliphatic carbocycles. The van der Waals surface area contributed by atoms with Gasteiger partial charge in [-0.3, -0.25) is 0 Å². The maximum Gasteiger partial charge on any atom is 0.245 e. The van der Waals surface area contributed by atoms with Crippen LogP contribution < -0.4 is 10.6 Å². The van der Waals surface area contributed by atoms with Gasteiger partial charge in [-0.15, -0.1) is 5.10 Å². The summed E-state index contributed by atoms with van der Waals surface area (Å²) in [5.41, 5.74) is 7.40. The van der Waals surface area contributed by atoms with Crippen LogP contribution in [0.25, 0.3) is 0 Å². The fourth-order valence-electron chi connectivity index (χ4n) is 1.45. The van der Waals surface area contributed by atoms with Crippen LogP contribution in [0, 0.1) is 19.8 Å². The van der Waals surface area contributed by atoms with Crippen LogP contribution in [-0.2, 0) is 0 Å². The van der Waals surface area contributed by atoms with Gasteiger partial charge in [0, 0.05) is 19.6 Å². The summed E-state index contributed by atoms with van der Waals surface area (Å²) >= 11 is 0. The minimum atomic E-state index is 0.553. The van der Waals surface area contributed by atoms with Crippen molar-refractivity contribution < 1.29 is 0 Å². The second-order valence-electron chi connectivity index (χ2n) is 4.41. The Morgan fingerprint density at radius 1 is 1.19 bits per heavy atom. The number of nitrogens with zero attached hydrogens (tertiary/aromatic N) is 4. The normalized spacial score (nSPS) is 10.9. The first-order chi connectivity index (χ1) is 7.54. The molecule has 0 bridgehead atoms. The highest BCUT2D eigenvalue weighted by Crippen LogP contribution is 2.10. The molecular formula is C11H21N5. The van der Waals surface area contributed by atoms with E-state index in [4.69, 9.17) is 5.73 Å². The van der Waals surface area contributed by atoms with E-state index in [0.29, 0.717) is 18.4 Å². The van der Waals surface area contributed by atoms with Crippen LogP contribution >= 0.6 is 0 Å². The van der Waals surface area contributed by atoms with Crippen molar-refractivity contribution in [2.24, 2.45) is 11.7 Å². The van der Waals surface area contributed by atoms with Crippen molar-refractivity contribution in [3.8, 4) is 0 Å². The highest BCUT2D eigenvalue weighted by Gasteiger charge is 2.12. The van der Waals surface area contributed by atoms with Crippen molar-refractivity contribution in [1.29, 1.82) is 0 Å². The monoisotopic (exact) mass is 223 g/mol. The van der Waals surface area contributed by atoms with Crippen molar-refractivity contribution >= 4 is 5.95 Å². The summed E-state index contributed by atoms with van der Waals surface area (Å²) in [5, 5.41) is 8.21. The van der Waals surface area contributed by atoms with Crippen LogP contribution in [0.3, 0.4) is 0 Å². The third kappa shape index (κ3) is 3.41. The molecule has 16 heavy (non-hydrogen) atoms. The van der Waals surface area contributed by atoms with E-state index in [1.807, 2.05) is 13.8 Å². The summed E-state index contributed by atoms with van der Waals surface area (Å²) in [6, 6.07) is 0. The van der Waals surface area contributed by atoms with Crippen molar-refractivity contribution in [1.82, 2.24) is 15.2 Å². The first kappa shape index (κ1) is 12.8. The van der Waals surface area contributed by atoms with Gasteiger partial charge in [0.1, 0.15) is 0 Å². The summed E-state index contributed by atoms with van der Waals surface area (Å²) in [5.74, 6) is 1.24. The zero-order valence-electron chi connectivity index (χ0n) is 10.6. The van der Waals surface area contributed by atoms with Gasteiger partial charge in [-0.25, -0.2) is 4.98 Å². The summed E-state index contributed by atoms with van der Waals surface area (Å²) in [7, 11) is 0. The Morgan fingerprint density at radius 2 is 1.88 bits per heavy atom. The van der Waals surface area contributed by atoms with Gasteiger partial charge in [0.2, 0.25) is 5.95 Å². The fraction of sp³-hybridized carbons (Fsp3) is 0.727. The molecule has 0 saturated heterocycles. The lowest BCUT2D eigenvalue weighted by atomic mass is 10.2. The lowest BCUT2D eigenvalue weighted by Crippen LogP contribution is -2.34. The van der Waals surface area contributed by atoms with Gasteiger partial charge in [-0.05, 0) is 19.8 Å². The molecule has 1 aromatic rings. The Kier molecular flexibility index (Phi) is 4.61. The Bertz CT molecular complexity index is 337. The van der Waals surface area contributed by atoms with Crippen LogP contribution in [0.2, 0.25) is 0 Å². The molecular weight excluding hydrogens is 202 g/mol. The number of aromatic nitrogens is 3. The third-order valence-electron chi connectivity index (χ3n) is 2.35. The quantitative estimate of drug-likeness (QED) is 0.803. The predicted molar refractivity (Wildman–Crippen MR) is 65.4 cm³/mol. The molecule has 0 aromatic carbocycles. The van der Waals surface area contributed by atoms with Gasteiger partial charge < -0.3 is 10.6 Å². The highest BCUT2D eigenvalue weighted by molar-refractivity contribution is 5.29. The fourth-order valence-corrected chi connectivity index (χ4v) is 1.45. The van der Waals surface area contributed by atoms with E-state index in [0.717, 1.165) is 24.5 Å². The number of anilines is 1. The number of nitrogens with two attached hydrogens (primary N) is 1. The van der Waals surface area contributed by atoms with Crippen LogP contribution in [0.15, 0.2) is 0 Å². The molecule has 0 radical (unpaired) electrons. The Balaban J connectivity index is 2.87. The van der Waals surface area contributed by atoms with E-state index >= 15 is 0 Å². The van der Waals surface area contributed by atoms with Crippen molar-refractivity contribution in [2.75, 3.05) is 24.5 Å². The van der Waals surface area contributed by atoms with Crippen LogP contribution in [0.5, 0.6) is 0 Å². The predicted octanol–water partition coefficient (Wildman–Crippen LogP) is 0.910. The van der Waals surface area contributed by atoms with E-state index in [-0.39, 0.29) is 0 Å². The SMILES string of the molecule is Cc1nnc(N(CCN)CC(C)C)nc1C. The summed E-state index contributed by atoms with van der Waals surface area (Å²) in [6.07, 6.45) is 0. The van der Waals surface area contributed by atoms with Gasteiger partial charge in [0.25, 0.3) is 0 Å². The highest BCUT2D eigenvalue weighted by atomic mass is 15.3. The van der Waals surface area contributed by atoms with E-state index < -0.39 is 0 Å². The van der Waals surface area contributed by atoms with E-state index in [1.165, 1.54) is 0 Å². The van der Waals surface area contributed by atoms with Gasteiger partial charge >= 0.3 is 0 Å². The molecule has 1 rings (SSSR count). The van der Waals surface area contributed by atoms with E-state index in [9.17, 15) is 0 Å². The second-order valence-corrected chi connectivity index (χ2v) is 4.41. The van der Waals surface area contributed by atoms with Crippen LogP contribution in [0.4, 0.5) is 5.95 Å². The smallest absolute Gasteiger partial charge is 0.245 e. The van der Waals surface area contributed by atoms with Crippen molar-refractivity contribution in [2.45, 2.75) is 27.7 Å². The van der Waals surface area contributed by atoms with Crippen LogP contribution in [0.1, 0.15) is 25.2 Å². The third-order valence-corrected chi connectivity index (χ3v) is 2.35. The molecule has 5 nitrogen and oxygen atoms in total. The summed E-state index contributed by atoms with van der Waals surface area (Å²) in [4.78, 5) is 6.53. The molecule has 0 saturated carbocycles. The Hall–Kier alpha value is -1.23. The first-order valence-electron chi connectivity index (χ1n) is 5.67. The van der Waals surface area contributed by atoms with E-state index in [1.54, 1.807) is 0 Å². The van der Waals surface area contributed by atoms with Gasteiger partial charge in [0.15, 0.2) is 0 Å². The van der Waals surface area contributed by atoms with Crippen molar-refractivity contribution in [3.05, 3.63) is 11.4 Å². The van der Waals surface area contributed by atoms with Crippen LogP contribution in [-0.4, -0.2) is 34.8 Å². The summed E-state index contributed by atoms with van der Waals surface area (Å²) < 4.78 is 0. The maximum absolute atomic E-state index is 5.59. The van der Waals surface area contributed by atoms with Gasteiger partial charge in [-0.2, -0.15) is 5.10 Å². The molecule has 0 fully saturated rings. The van der Waals surface area contributed by atoms with Gasteiger partial charge in [0.05, 0.1) is 11.4 Å². The minimum absolute atomic E-state index is 0.553. The second kappa shape index (κ2) is 5.75. The molecule has 2 N–H and O–H groups in total. The largest absolute Gasteiger partial charge is 0.338 e. The zero-order valence-corrected chi connectivity index (χ0v) is 10.6. The van der Waals surface area contributed by atoms with Gasteiger partial charge in [-0.1, -0.05) is 13.8 Å². The number of hydrogen-bond acceptors (Lipinski definition) is 5. The Morgan fingerprint density at radius 3 is 2.38 bits per heavy atom. The topological polar surface area (TPSA) is 67.9 Å². The average molecular weight is 223 g/mol. The lowest BCUT2D eigenvalue weighted by molar-refractivity contribution is 0.597. The van der Waals surface area contributed by atoms with Crippen molar-refractivity contribution in [3.63, 3.8) is 0 Å². The summed E-state index contributed by atoms with van der Waals surface area (Å²) in [6.45, 7) is 10.5. The number of rotatable bonds is 5. The molecule has 1 heterocycles. The minimum Gasteiger partial charge on any atom is -0.338 e. The van der Waals surface area contributed by atoms with E-state index in [2.05, 4.69) is 33.9 Å². The molecule has 0 spiro atoms. The molecule has 90 valence electrons. The molecule has 1 aromatic heterocycles. The molecule has 5 heteroatoms. The first-order valence-corrected chi connectivity index (χ1v) is 5.67. The lowest BCUT2D eigenvalue weighted by Gasteiger charge is -2.23. The zero-order chi connectivity index (χ0) is 12.1. The Labute approximate surface area is 97.1 Å². The standard InChI is InChI=1S/C11H21N5/c1-8(2)7-16(6-5-12)11-13-9(3)10(4)14-15-11/h8H,5-7,12H2,1-4H3. The molecule has 0 aliphatic rings. The molecule has 0 atom stereocenters.